The summed E-state index contributed by atoms with van der Waals surface area (Å²) in [5, 5.41) is 10.6. The highest BCUT2D eigenvalue weighted by Gasteiger charge is 2.21. The number of benzene rings is 3. The number of hydrogen-bond acceptors (Lipinski definition) is 6. The van der Waals surface area contributed by atoms with E-state index in [0.717, 1.165) is 6.07 Å². The van der Waals surface area contributed by atoms with Crippen LogP contribution in [0.5, 0.6) is 5.75 Å². The summed E-state index contributed by atoms with van der Waals surface area (Å²) in [6.07, 6.45) is -0.821. The molecule has 0 bridgehead atoms. The van der Waals surface area contributed by atoms with Crippen LogP contribution in [0.2, 0.25) is 5.02 Å². The van der Waals surface area contributed by atoms with E-state index in [1.165, 1.54) is 48.4 Å². The second-order valence-electron chi connectivity index (χ2n) is 6.49. The van der Waals surface area contributed by atoms with E-state index < -0.39 is 22.8 Å². The first kappa shape index (κ1) is 22.7. The minimum absolute atomic E-state index is 0.00916. The highest BCUT2D eigenvalue weighted by atomic mass is 35.5. The Balaban J connectivity index is 1.87. The molecule has 0 radical (unpaired) electrons. The average molecular weight is 459 g/mol. The molecule has 164 valence electrons. The van der Waals surface area contributed by atoms with Crippen LogP contribution in [0.25, 0.3) is 0 Å². The molecule has 0 aliphatic rings. The van der Waals surface area contributed by atoms with Crippen LogP contribution in [-0.4, -0.2) is 24.1 Å². The molecule has 0 atom stereocenters. The van der Waals surface area contributed by atoms with Crippen LogP contribution >= 0.6 is 11.6 Å². The highest BCUT2D eigenvalue weighted by molar-refractivity contribution is 6.31. The minimum Gasteiger partial charge on any atom is -0.465 e. The Bertz CT molecular complexity index is 1150. The number of nitro benzene ring substituents is 1. The molecule has 0 saturated carbocycles. The molecule has 0 aromatic heterocycles. The Morgan fingerprint density at radius 3 is 2.28 bits per heavy atom. The molecule has 0 unspecified atom stereocenters. The number of anilines is 1. The summed E-state index contributed by atoms with van der Waals surface area (Å²) in [5.74, 6) is -1.07. The average Bonchev–Trinajstić information content (AvgIpc) is 2.79. The molecule has 1 amide bonds. The summed E-state index contributed by atoms with van der Waals surface area (Å²) in [6, 6.07) is 15.1. The predicted octanol–water partition coefficient (Wildman–Crippen LogP) is 5.38. The fourth-order valence-corrected chi connectivity index (χ4v) is 2.93. The number of halogens is 2. The molecule has 3 aromatic rings. The van der Waals surface area contributed by atoms with Crippen molar-refractivity contribution in [2.24, 2.45) is 0 Å². The number of ether oxygens (including phenoxy) is 2. The van der Waals surface area contributed by atoms with Crippen LogP contribution in [0, 0.1) is 15.9 Å². The van der Waals surface area contributed by atoms with Gasteiger partial charge in [0.25, 0.3) is 5.69 Å². The summed E-state index contributed by atoms with van der Waals surface area (Å²) >= 11 is 5.88. The summed E-state index contributed by atoms with van der Waals surface area (Å²) in [5.41, 5.74) is 1.08. The Morgan fingerprint density at radius 2 is 1.72 bits per heavy atom. The molecule has 0 aliphatic heterocycles. The molecule has 0 aliphatic carbocycles. The van der Waals surface area contributed by atoms with Gasteiger partial charge in [-0.2, -0.15) is 0 Å². The number of methoxy groups -OCH3 is 1. The molecule has 3 rings (SSSR count). The van der Waals surface area contributed by atoms with Gasteiger partial charge in [-0.1, -0.05) is 23.7 Å². The van der Waals surface area contributed by atoms with Crippen molar-refractivity contribution in [1.82, 2.24) is 0 Å². The quantitative estimate of drug-likeness (QED) is 0.279. The van der Waals surface area contributed by atoms with Crippen molar-refractivity contribution < 1.29 is 28.4 Å². The van der Waals surface area contributed by atoms with Gasteiger partial charge in [-0.05, 0) is 48.0 Å². The van der Waals surface area contributed by atoms with E-state index in [1.54, 1.807) is 24.3 Å². The lowest BCUT2D eigenvalue weighted by Gasteiger charge is -2.22. The largest absolute Gasteiger partial charge is 0.465 e. The van der Waals surface area contributed by atoms with Crippen molar-refractivity contribution in [2.45, 2.75) is 6.54 Å². The van der Waals surface area contributed by atoms with Gasteiger partial charge in [0.2, 0.25) is 0 Å². The van der Waals surface area contributed by atoms with Crippen LogP contribution in [0.3, 0.4) is 0 Å². The summed E-state index contributed by atoms with van der Waals surface area (Å²) in [7, 11) is 1.27. The van der Waals surface area contributed by atoms with Crippen molar-refractivity contribution in [3.8, 4) is 5.75 Å². The van der Waals surface area contributed by atoms with Gasteiger partial charge in [-0.3, -0.25) is 15.0 Å². The number of carbonyl (C=O) groups is 2. The first-order valence-electron chi connectivity index (χ1n) is 9.14. The number of carbonyl (C=O) groups excluding carboxylic acids is 2. The van der Waals surface area contributed by atoms with Crippen LogP contribution in [0.1, 0.15) is 15.9 Å². The fourth-order valence-electron chi connectivity index (χ4n) is 2.75. The zero-order chi connectivity index (χ0) is 23.3. The van der Waals surface area contributed by atoms with Gasteiger partial charge in [-0.25, -0.2) is 14.0 Å². The molecule has 10 heteroatoms. The maximum atomic E-state index is 13.6. The molecule has 0 spiro atoms. The van der Waals surface area contributed by atoms with E-state index in [1.807, 2.05) is 0 Å². The summed E-state index contributed by atoms with van der Waals surface area (Å²) in [6.45, 7) is 0.00916. The second kappa shape index (κ2) is 9.88. The Labute approximate surface area is 186 Å². The molecular formula is C22H16ClFN2O6. The first-order chi connectivity index (χ1) is 15.3. The van der Waals surface area contributed by atoms with Gasteiger partial charge < -0.3 is 9.47 Å². The van der Waals surface area contributed by atoms with Gasteiger partial charge in [0.05, 0.1) is 29.2 Å². The van der Waals surface area contributed by atoms with Crippen LogP contribution in [-0.2, 0) is 11.3 Å². The normalized spacial score (nSPS) is 10.3. The molecule has 0 fully saturated rings. The van der Waals surface area contributed by atoms with E-state index in [4.69, 9.17) is 16.3 Å². The third kappa shape index (κ3) is 5.38. The lowest BCUT2D eigenvalue weighted by atomic mass is 10.1. The molecule has 32 heavy (non-hydrogen) atoms. The van der Waals surface area contributed by atoms with Crippen LogP contribution < -0.4 is 9.64 Å². The maximum Gasteiger partial charge on any atom is 0.420 e. The molecule has 0 heterocycles. The van der Waals surface area contributed by atoms with Crippen LogP contribution in [0.4, 0.5) is 20.6 Å². The Kier molecular flexibility index (Phi) is 7.01. The molecular weight excluding hydrogens is 443 g/mol. The fraction of sp³-hybridized carbons (Fsp3) is 0.0909. The Morgan fingerprint density at radius 1 is 1.06 bits per heavy atom. The second-order valence-corrected chi connectivity index (χ2v) is 6.90. The number of nitro groups is 1. The summed E-state index contributed by atoms with van der Waals surface area (Å²) in [4.78, 5) is 36.0. The van der Waals surface area contributed by atoms with Crippen molar-refractivity contribution in [2.75, 3.05) is 12.0 Å². The van der Waals surface area contributed by atoms with Crippen molar-refractivity contribution in [3.63, 3.8) is 0 Å². The lowest BCUT2D eigenvalue weighted by molar-refractivity contribution is -0.384. The summed E-state index contributed by atoms with van der Waals surface area (Å²) < 4.78 is 23.6. The minimum atomic E-state index is -0.821. The SMILES string of the molecule is COC(=O)c1ccc(CN(C(=O)Oc2ccc([N+](=O)[O-])cc2)c2ccc(F)c(Cl)c2)cc1. The smallest absolute Gasteiger partial charge is 0.420 e. The number of amides is 1. The Hall–Kier alpha value is -3.98. The zero-order valence-electron chi connectivity index (χ0n) is 16.7. The lowest BCUT2D eigenvalue weighted by Crippen LogP contribution is -2.33. The zero-order valence-corrected chi connectivity index (χ0v) is 17.4. The number of nitrogens with zero attached hydrogens (tertiary/aromatic N) is 2. The van der Waals surface area contributed by atoms with Crippen molar-refractivity contribution in [3.05, 3.63) is 98.8 Å². The van der Waals surface area contributed by atoms with E-state index in [9.17, 15) is 24.1 Å². The predicted molar refractivity (Wildman–Crippen MR) is 114 cm³/mol. The van der Waals surface area contributed by atoms with Crippen LogP contribution in [0.15, 0.2) is 66.7 Å². The highest BCUT2D eigenvalue weighted by Crippen LogP contribution is 2.26. The number of rotatable bonds is 6. The molecule has 3 aromatic carbocycles. The monoisotopic (exact) mass is 458 g/mol. The van der Waals surface area contributed by atoms with E-state index in [0.29, 0.717) is 11.1 Å². The van der Waals surface area contributed by atoms with Gasteiger partial charge in [0.15, 0.2) is 0 Å². The van der Waals surface area contributed by atoms with E-state index in [-0.39, 0.29) is 28.7 Å². The third-order valence-corrected chi connectivity index (χ3v) is 4.69. The van der Waals surface area contributed by atoms with E-state index >= 15 is 0 Å². The molecule has 8 nitrogen and oxygen atoms in total. The number of hydrogen-bond donors (Lipinski definition) is 0. The number of non-ortho nitro benzene ring substituents is 1. The molecule has 0 saturated heterocycles. The third-order valence-electron chi connectivity index (χ3n) is 4.40. The molecule has 0 N–H and O–H groups in total. The van der Waals surface area contributed by atoms with E-state index in [2.05, 4.69) is 4.74 Å². The topological polar surface area (TPSA) is 99.0 Å². The van der Waals surface area contributed by atoms with Gasteiger partial charge in [0, 0.05) is 17.8 Å². The standard InChI is InChI=1S/C22H16ClFN2O6/c1-31-21(27)15-4-2-14(3-5-15)13-25(17-8-11-20(24)19(23)12-17)22(28)32-18-9-6-16(7-10-18)26(29)30/h2-12H,13H2,1H3. The van der Waals surface area contributed by atoms with Gasteiger partial charge in [-0.15, -0.1) is 0 Å². The van der Waals surface area contributed by atoms with Gasteiger partial charge >= 0.3 is 12.1 Å². The first-order valence-corrected chi connectivity index (χ1v) is 9.52. The van der Waals surface area contributed by atoms with Crippen molar-refractivity contribution in [1.29, 1.82) is 0 Å². The van der Waals surface area contributed by atoms with Crippen molar-refractivity contribution >= 4 is 35.0 Å². The number of esters is 1. The maximum absolute atomic E-state index is 13.6. The van der Waals surface area contributed by atoms with Gasteiger partial charge in [0.1, 0.15) is 11.6 Å².